The summed E-state index contributed by atoms with van der Waals surface area (Å²) in [5.74, 6) is -1.24. The summed E-state index contributed by atoms with van der Waals surface area (Å²) in [4.78, 5) is 31.8. The van der Waals surface area contributed by atoms with Crippen LogP contribution < -0.4 is 10.2 Å². The summed E-state index contributed by atoms with van der Waals surface area (Å²) in [6.07, 6.45) is 0.0638. The molecule has 0 saturated carbocycles. The van der Waals surface area contributed by atoms with Crippen LogP contribution in [0.1, 0.15) is 12.0 Å². The van der Waals surface area contributed by atoms with Crippen molar-refractivity contribution in [3.8, 4) is 0 Å². The molecule has 5 nitrogen and oxygen atoms in total. The van der Waals surface area contributed by atoms with Crippen molar-refractivity contribution < 1.29 is 14.0 Å². The number of carbonyl (C=O) groups excluding carboxylic acids is 2. The summed E-state index contributed by atoms with van der Waals surface area (Å²) < 4.78 is 13.3. The minimum absolute atomic E-state index is 0.0638. The number of nitrogens with zero attached hydrogens (tertiary/aromatic N) is 2. The second-order valence-electron chi connectivity index (χ2n) is 6.75. The molecule has 0 unspecified atom stereocenters. The quantitative estimate of drug-likeness (QED) is 0.646. The van der Waals surface area contributed by atoms with Gasteiger partial charge < -0.3 is 10.2 Å². The number of carbonyl (C=O) groups is 2. The Morgan fingerprint density at radius 3 is 2.57 bits per heavy atom. The lowest BCUT2D eigenvalue weighted by Crippen LogP contribution is -2.38. The van der Waals surface area contributed by atoms with Gasteiger partial charge in [-0.3, -0.25) is 14.6 Å². The average Bonchev–Trinajstić information content (AvgIpc) is 2.88. The zero-order valence-electron chi connectivity index (χ0n) is 15.8. The number of nitrogens with one attached hydrogen (secondary N) is 1. The molecular formula is C23H17ClFN3O2. The van der Waals surface area contributed by atoms with Crippen molar-refractivity contribution in [2.75, 3.05) is 16.8 Å². The van der Waals surface area contributed by atoms with Gasteiger partial charge in [-0.15, -0.1) is 0 Å². The highest BCUT2D eigenvalue weighted by Gasteiger charge is 2.26. The van der Waals surface area contributed by atoms with Crippen LogP contribution in [0.15, 0.2) is 77.8 Å². The third-order valence-electron chi connectivity index (χ3n) is 4.66. The number of halogens is 2. The minimum Gasteiger partial charge on any atom is -0.324 e. The first kappa shape index (κ1) is 19.8. The van der Waals surface area contributed by atoms with Crippen LogP contribution in [0.25, 0.3) is 0 Å². The van der Waals surface area contributed by atoms with Crippen LogP contribution in [0.4, 0.5) is 21.5 Å². The molecule has 1 aliphatic rings. The monoisotopic (exact) mass is 421 g/mol. The van der Waals surface area contributed by atoms with Gasteiger partial charge in [-0.1, -0.05) is 54.1 Å². The Morgan fingerprint density at radius 1 is 1.07 bits per heavy atom. The fourth-order valence-corrected chi connectivity index (χ4v) is 3.41. The van der Waals surface area contributed by atoms with Crippen LogP contribution in [-0.4, -0.2) is 24.1 Å². The Labute approximate surface area is 177 Å². The van der Waals surface area contributed by atoms with Gasteiger partial charge in [-0.25, -0.2) is 4.39 Å². The van der Waals surface area contributed by atoms with E-state index in [1.807, 2.05) is 42.5 Å². The summed E-state index contributed by atoms with van der Waals surface area (Å²) >= 11 is 5.77. The Hall–Kier alpha value is -3.51. The Balaban J connectivity index is 1.59. The van der Waals surface area contributed by atoms with E-state index in [2.05, 4.69) is 10.3 Å². The zero-order valence-corrected chi connectivity index (χ0v) is 16.6. The van der Waals surface area contributed by atoms with Gasteiger partial charge in [0.05, 0.1) is 28.5 Å². The van der Waals surface area contributed by atoms with Crippen molar-refractivity contribution in [2.24, 2.45) is 4.99 Å². The van der Waals surface area contributed by atoms with Crippen molar-refractivity contribution in [2.45, 2.75) is 6.42 Å². The molecule has 0 bridgehead atoms. The van der Waals surface area contributed by atoms with Crippen molar-refractivity contribution in [1.29, 1.82) is 0 Å². The fraction of sp³-hybridized carbons (Fsp3) is 0.0870. The number of hydrogen-bond acceptors (Lipinski definition) is 3. The summed E-state index contributed by atoms with van der Waals surface area (Å²) in [6.45, 7) is -0.206. The Bertz CT molecular complexity index is 1150. The van der Waals surface area contributed by atoms with Crippen LogP contribution in [0, 0.1) is 5.82 Å². The minimum atomic E-state index is -0.572. The molecule has 0 spiro atoms. The molecular weight excluding hydrogens is 405 g/mol. The predicted molar refractivity (Wildman–Crippen MR) is 116 cm³/mol. The molecule has 0 fully saturated rings. The third-order valence-corrected chi connectivity index (χ3v) is 4.95. The van der Waals surface area contributed by atoms with Crippen LogP contribution in [0.2, 0.25) is 5.02 Å². The van der Waals surface area contributed by atoms with E-state index >= 15 is 0 Å². The Kier molecular flexibility index (Phi) is 5.59. The van der Waals surface area contributed by atoms with Gasteiger partial charge in [0.2, 0.25) is 11.8 Å². The van der Waals surface area contributed by atoms with E-state index in [1.54, 1.807) is 12.1 Å². The lowest BCUT2D eigenvalue weighted by molar-refractivity contribution is -0.120. The molecule has 0 saturated heterocycles. The van der Waals surface area contributed by atoms with Crippen molar-refractivity contribution >= 4 is 46.2 Å². The van der Waals surface area contributed by atoms with Crippen molar-refractivity contribution in [3.63, 3.8) is 0 Å². The van der Waals surface area contributed by atoms with Crippen molar-refractivity contribution in [1.82, 2.24) is 0 Å². The highest BCUT2D eigenvalue weighted by atomic mass is 35.5. The van der Waals surface area contributed by atoms with E-state index in [1.165, 1.54) is 23.1 Å². The number of hydrogen-bond donors (Lipinski definition) is 1. The largest absolute Gasteiger partial charge is 0.324 e. The highest BCUT2D eigenvalue weighted by molar-refractivity contribution is 6.31. The molecule has 2 amide bonds. The van der Waals surface area contributed by atoms with Crippen LogP contribution in [0.5, 0.6) is 0 Å². The lowest BCUT2D eigenvalue weighted by atomic mass is 10.1. The van der Waals surface area contributed by atoms with Gasteiger partial charge in [0.25, 0.3) is 0 Å². The first-order valence-corrected chi connectivity index (χ1v) is 9.66. The summed E-state index contributed by atoms with van der Waals surface area (Å²) in [5, 5.41) is 2.56. The fourth-order valence-electron chi connectivity index (χ4n) is 3.23. The van der Waals surface area contributed by atoms with Gasteiger partial charge >= 0.3 is 0 Å². The highest BCUT2D eigenvalue weighted by Crippen LogP contribution is 2.32. The van der Waals surface area contributed by atoms with Crippen LogP contribution in [0.3, 0.4) is 0 Å². The van der Waals surface area contributed by atoms with E-state index in [4.69, 9.17) is 11.6 Å². The maximum absolute atomic E-state index is 13.3. The van der Waals surface area contributed by atoms with E-state index in [-0.39, 0.29) is 23.9 Å². The van der Waals surface area contributed by atoms with Gasteiger partial charge in [0.15, 0.2) is 0 Å². The normalized spacial score (nSPS) is 13.3. The van der Waals surface area contributed by atoms with Crippen molar-refractivity contribution in [3.05, 3.63) is 89.2 Å². The second kappa shape index (κ2) is 8.47. The number of benzene rings is 3. The van der Waals surface area contributed by atoms with E-state index in [9.17, 15) is 14.0 Å². The molecule has 1 aliphatic heterocycles. The predicted octanol–water partition coefficient (Wildman–Crippen LogP) is 4.98. The summed E-state index contributed by atoms with van der Waals surface area (Å²) in [6, 6.07) is 20.6. The summed E-state index contributed by atoms with van der Waals surface area (Å²) in [5.41, 5.74) is 3.01. The Morgan fingerprint density at radius 2 is 1.80 bits per heavy atom. The standard InChI is InChI=1S/C23H17ClFN3O2/c24-17-12-16(10-11-18(17)25)26-22(29)14-28-21-9-5-4-8-19(21)27-20(13-23(28)30)15-6-2-1-3-7-15/h1-12H,13-14H2,(H,26,29). The maximum atomic E-state index is 13.3. The number of aliphatic imine (C=N–C) groups is 1. The smallest absolute Gasteiger partial charge is 0.244 e. The first-order chi connectivity index (χ1) is 14.5. The molecule has 0 aromatic heterocycles. The van der Waals surface area contributed by atoms with Gasteiger partial charge in [0, 0.05) is 5.69 Å². The molecule has 7 heteroatoms. The SMILES string of the molecule is O=C(CN1C(=O)CC(c2ccccc2)=Nc2ccccc21)Nc1ccc(F)c(Cl)c1. The number of fused-ring (bicyclic) bond motifs is 1. The van der Waals surface area contributed by atoms with E-state index in [0.29, 0.717) is 22.8 Å². The molecule has 0 radical (unpaired) electrons. The van der Waals surface area contributed by atoms with Crippen LogP contribution >= 0.6 is 11.6 Å². The van der Waals surface area contributed by atoms with Gasteiger partial charge in [-0.2, -0.15) is 0 Å². The third kappa shape index (κ3) is 4.23. The number of anilines is 2. The number of amides is 2. The molecule has 3 aromatic carbocycles. The molecule has 1 heterocycles. The lowest BCUT2D eigenvalue weighted by Gasteiger charge is -2.22. The van der Waals surface area contributed by atoms with Gasteiger partial charge in [0.1, 0.15) is 12.4 Å². The molecule has 1 N–H and O–H groups in total. The molecule has 3 aromatic rings. The summed E-state index contributed by atoms with van der Waals surface area (Å²) in [7, 11) is 0. The topological polar surface area (TPSA) is 61.8 Å². The maximum Gasteiger partial charge on any atom is 0.244 e. The molecule has 30 heavy (non-hydrogen) atoms. The first-order valence-electron chi connectivity index (χ1n) is 9.28. The molecule has 0 atom stereocenters. The number of rotatable bonds is 4. The number of para-hydroxylation sites is 2. The molecule has 150 valence electrons. The molecule has 4 rings (SSSR count). The van der Waals surface area contributed by atoms with E-state index in [0.717, 1.165) is 5.56 Å². The van der Waals surface area contributed by atoms with Gasteiger partial charge in [-0.05, 0) is 35.9 Å². The second-order valence-corrected chi connectivity index (χ2v) is 7.15. The van der Waals surface area contributed by atoms with Crippen LogP contribution in [-0.2, 0) is 9.59 Å². The van der Waals surface area contributed by atoms with E-state index < -0.39 is 11.7 Å². The average molecular weight is 422 g/mol. The molecule has 0 aliphatic carbocycles. The zero-order chi connectivity index (χ0) is 21.1.